The predicted molar refractivity (Wildman–Crippen MR) is 182 cm³/mol. The van der Waals surface area contributed by atoms with Crippen molar-refractivity contribution in [2.24, 2.45) is 5.41 Å². The number of halogens is 2. The largest absolute Gasteiger partial charge is 0.461 e. The van der Waals surface area contributed by atoms with Crippen molar-refractivity contribution in [3.8, 4) is 0 Å². The Morgan fingerprint density at radius 2 is 1.67 bits per heavy atom. The molecule has 3 aromatic rings. The SMILES string of the molecule is CC(C)OC(=O)[C@H](Cc1ccc(N2C(=O)CCN(C)C2=O)nc1)NC(=O)c1cc(F)c(NS(=O)(=O)c2ccc(NC(=O)C(C)(C)C)cc2)cc1F. The Labute approximate surface area is 293 Å². The van der Waals surface area contributed by atoms with Crippen LogP contribution >= 0.6 is 0 Å². The summed E-state index contributed by atoms with van der Waals surface area (Å²) in [6.07, 6.45) is 0.597. The van der Waals surface area contributed by atoms with Gasteiger partial charge >= 0.3 is 12.0 Å². The summed E-state index contributed by atoms with van der Waals surface area (Å²) in [5.41, 5.74) is -1.61. The number of hydrogen-bond acceptors (Lipinski definition) is 9. The molecular formula is C34H38F2N6O8S. The van der Waals surface area contributed by atoms with Gasteiger partial charge in [-0.05, 0) is 55.8 Å². The molecule has 14 nitrogen and oxygen atoms in total. The molecule has 4 rings (SSSR count). The number of sulfonamides is 1. The first-order valence-electron chi connectivity index (χ1n) is 15.7. The van der Waals surface area contributed by atoms with Gasteiger partial charge in [0.15, 0.2) is 0 Å². The van der Waals surface area contributed by atoms with Crippen molar-refractivity contribution in [1.29, 1.82) is 0 Å². The van der Waals surface area contributed by atoms with E-state index in [4.69, 9.17) is 4.74 Å². The molecule has 0 radical (unpaired) electrons. The van der Waals surface area contributed by atoms with Gasteiger partial charge in [0, 0.05) is 49.8 Å². The summed E-state index contributed by atoms with van der Waals surface area (Å²) in [6.45, 7) is 8.53. The van der Waals surface area contributed by atoms with Crippen molar-refractivity contribution in [2.45, 2.75) is 64.5 Å². The minimum absolute atomic E-state index is 0.0560. The molecule has 5 amide bonds. The zero-order valence-corrected chi connectivity index (χ0v) is 29.6. The van der Waals surface area contributed by atoms with Crippen LogP contribution in [0.2, 0.25) is 0 Å². The molecule has 0 bridgehead atoms. The smallest absolute Gasteiger partial charge is 0.332 e. The van der Waals surface area contributed by atoms with E-state index in [1.165, 1.54) is 47.5 Å². The fourth-order valence-corrected chi connectivity index (χ4v) is 5.72. The second-order valence-electron chi connectivity index (χ2n) is 13.1. The van der Waals surface area contributed by atoms with Crippen LogP contribution in [0.1, 0.15) is 57.0 Å². The van der Waals surface area contributed by atoms with Crippen LogP contribution in [0.25, 0.3) is 0 Å². The number of carbonyl (C=O) groups is 5. The molecule has 51 heavy (non-hydrogen) atoms. The topological polar surface area (TPSA) is 184 Å². The summed E-state index contributed by atoms with van der Waals surface area (Å²) in [4.78, 5) is 69.3. The first-order valence-corrected chi connectivity index (χ1v) is 17.2. The molecule has 0 aliphatic carbocycles. The number of urea groups is 1. The van der Waals surface area contributed by atoms with Gasteiger partial charge in [-0.25, -0.2) is 36.7 Å². The summed E-state index contributed by atoms with van der Waals surface area (Å²) in [7, 11) is -2.89. The van der Waals surface area contributed by atoms with Crippen LogP contribution in [0.5, 0.6) is 0 Å². The van der Waals surface area contributed by atoms with E-state index < -0.39 is 74.3 Å². The lowest BCUT2D eigenvalue weighted by atomic mass is 9.95. The number of carbonyl (C=O) groups excluding carboxylic acids is 5. The second kappa shape index (κ2) is 15.2. The van der Waals surface area contributed by atoms with E-state index in [-0.39, 0.29) is 36.0 Å². The van der Waals surface area contributed by atoms with Crippen molar-refractivity contribution in [3.05, 3.63) is 77.5 Å². The number of esters is 1. The van der Waals surface area contributed by atoms with E-state index >= 15 is 8.78 Å². The lowest BCUT2D eigenvalue weighted by Crippen LogP contribution is -2.51. The van der Waals surface area contributed by atoms with Crippen LogP contribution in [-0.4, -0.2) is 73.8 Å². The standard InChI is InChI=1S/C34H38F2N6O8S/c1-19(2)50-31(45)27(15-20-7-12-28(37-18-20)42-29(43)13-14-41(6)33(42)47)39-30(44)23-16-25(36)26(17-24(23)35)40-51(48,49)22-10-8-21(9-11-22)38-32(46)34(3,4)5/h7-12,16-19,27,40H,13-15H2,1-6H3,(H,38,46)(H,39,44)/t27-/m0/s1. The molecule has 272 valence electrons. The highest BCUT2D eigenvalue weighted by Gasteiger charge is 2.33. The third-order valence-electron chi connectivity index (χ3n) is 7.50. The molecule has 1 saturated heterocycles. The average molecular weight is 729 g/mol. The second-order valence-corrected chi connectivity index (χ2v) is 14.8. The van der Waals surface area contributed by atoms with Crippen LogP contribution in [0.4, 0.5) is 30.8 Å². The van der Waals surface area contributed by atoms with E-state index in [1.807, 2.05) is 4.72 Å². The maximum absolute atomic E-state index is 15.2. The highest BCUT2D eigenvalue weighted by Crippen LogP contribution is 2.25. The Hall–Kier alpha value is -5.45. The van der Waals surface area contributed by atoms with E-state index in [2.05, 4.69) is 15.6 Å². The van der Waals surface area contributed by atoms with Crippen molar-refractivity contribution in [2.75, 3.05) is 28.5 Å². The number of rotatable bonds is 11. The lowest BCUT2D eigenvalue weighted by Gasteiger charge is -2.30. The molecule has 1 aliphatic heterocycles. The molecule has 1 aromatic heterocycles. The Morgan fingerprint density at radius 1 is 1.00 bits per heavy atom. The van der Waals surface area contributed by atoms with Gasteiger partial charge < -0.3 is 20.3 Å². The first-order chi connectivity index (χ1) is 23.8. The van der Waals surface area contributed by atoms with Crippen molar-refractivity contribution in [3.63, 3.8) is 0 Å². The Morgan fingerprint density at radius 3 is 2.25 bits per heavy atom. The Bertz CT molecular complexity index is 1950. The number of anilines is 3. The molecule has 2 heterocycles. The molecular weight excluding hydrogens is 690 g/mol. The molecule has 0 unspecified atom stereocenters. The van der Waals surface area contributed by atoms with Crippen LogP contribution < -0.4 is 20.3 Å². The number of nitrogens with zero attached hydrogens (tertiary/aromatic N) is 3. The minimum atomic E-state index is -4.43. The zero-order valence-electron chi connectivity index (χ0n) is 28.7. The van der Waals surface area contributed by atoms with Crippen LogP contribution in [0, 0.1) is 17.0 Å². The summed E-state index contributed by atoms with van der Waals surface area (Å²) in [5, 5.41) is 4.98. The maximum Gasteiger partial charge on any atom is 0.332 e. The molecule has 2 aromatic carbocycles. The van der Waals surface area contributed by atoms with Crippen molar-refractivity contribution >= 4 is 56.9 Å². The Kier molecular flexibility index (Phi) is 11.4. The number of nitrogens with one attached hydrogen (secondary N) is 3. The van der Waals surface area contributed by atoms with Gasteiger partial charge in [0.25, 0.3) is 15.9 Å². The summed E-state index contributed by atoms with van der Waals surface area (Å²) >= 11 is 0. The number of amides is 5. The fourth-order valence-electron chi connectivity index (χ4n) is 4.66. The Balaban J connectivity index is 1.50. The summed E-state index contributed by atoms with van der Waals surface area (Å²) < 4.78 is 63.5. The molecule has 0 saturated carbocycles. The third-order valence-corrected chi connectivity index (χ3v) is 8.88. The van der Waals surface area contributed by atoms with Crippen molar-refractivity contribution < 1.29 is 45.9 Å². The van der Waals surface area contributed by atoms with Gasteiger partial charge in [-0.2, -0.15) is 0 Å². The summed E-state index contributed by atoms with van der Waals surface area (Å²) in [6, 6.07) is 6.90. The average Bonchev–Trinajstić information content (AvgIpc) is 3.04. The monoisotopic (exact) mass is 728 g/mol. The highest BCUT2D eigenvalue weighted by atomic mass is 32.2. The third kappa shape index (κ3) is 9.42. The number of hydrogen-bond donors (Lipinski definition) is 3. The number of ether oxygens (including phenoxy) is 1. The van der Waals surface area contributed by atoms with Crippen LogP contribution in [0.15, 0.2) is 59.6 Å². The molecule has 1 fully saturated rings. The van der Waals surface area contributed by atoms with Crippen LogP contribution in [0.3, 0.4) is 0 Å². The van der Waals surface area contributed by atoms with E-state index in [9.17, 15) is 32.4 Å². The fraction of sp³-hybridized carbons (Fsp3) is 0.353. The van der Waals surface area contributed by atoms with Gasteiger partial charge in [-0.15, -0.1) is 0 Å². The zero-order chi connectivity index (χ0) is 37.8. The molecule has 1 atom stereocenters. The highest BCUT2D eigenvalue weighted by molar-refractivity contribution is 7.92. The number of pyridine rings is 1. The number of aromatic nitrogens is 1. The minimum Gasteiger partial charge on any atom is -0.461 e. The molecule has 3 N–H and O–H groups in total. The molecule has 0 spiro atoms. The van der Waals surface area contributed by atoms with Gasteiger partial charge in [0.2, 0.25) is 11.8 Å². The van der Waals surface area contributed by atoms with Gasteiger partial charge in [0.1, 0.15) is 23.5 Å². The van der Waals surface area contributed by atoms with Crippen molar-refractivity contribution in [1.82, 2.24) is 15.2 Å². The lowest BCUT2D eigenvalue weighted by molar-refractivity contribution is -0.149. The maximum atomic E-state index is 15.2. The normalized spacial score (nSPS) is 14.3. The van der Waals surface area contributed by atoms with E-state index in [1.54, 1.807) is 41.7 Å². The quantitative estimate of drug-likeness (QED) is 0.243. The van der Waals surface area contributed by atoms with Crippen LogP contribution in [-0.2, 0) is 35.6 Å². The van der Waals surface area contributed by atoms with E-state index in [0.717, 1.165) is 4.90 Å². The van der Waals surface area contributed by atoms with Gasteiger partial charge in [-0.3, -0.25) is 19.1 Å². The molecule has 1 aliphatic rings. The van der Waals surface area contributed by atoms with Gasteiger partial charge in [0.05, 0.1) is 22.3 Å². The number of imide groups is 1. The van der Waals surface area contributed by atoms with E-state index in [0.29, 0.717) is 23.4 Å². The summed E-state index contributed by atoms with van der Waals surface area (Å²) in [5.74, 6) is -5.35. The number of benzene rings is 2. The molecule has 17 heteroatoms. The van der Waals surface area contributed by atoms with Gasteiger partial charge in [-0.1, -0.05) is 26.8 Å². The first kappa shape index (κ1) is 38.4. The predicted octanol–water partition coefficient (Wildman–Crippen LogP) is 4.23.